The first-order valence-corrected chi connectivity index (χ1v) is 7.23. The van der Waals surface area contributed by atoms with E-state index in [1.807, 2.05) is 30.5 Å². The van der Waals surface area contributed by atoms with Gasteiger partial charge in [0.1, 0.15) is 5.82 Å². The molecule has 6 heteroatoms. The molecule has 0 aliphatic carbocycles. The number of fused-ring (bicyclic) bond motifs is 1. The van der Waals surface area contributed by atoms with Crippen LogP contribution in [0, 0.1) is 5.41 Å². The second kappa shape index (κ2) is 5.62. The number of nitrogens with zero attached hydrogens (tertiary/aromatic N) is 2. The highest BCUT2D eigenvalue weighted by Crippen LogP contribution is 2.26. The average molecular weight is 314 g/mol. The summed E-state index contributed by atoms with van der Waals surface area (Å²) in [5.41, 5.74) is 1.16. The lowest BCUT2D eigenvalue weighted by atomic mass is 9.92. The molecule has 0 atom stereocenters. The monoisotopic (exact) mass is 313 g/mol. The maximum atomic E-state index is 12.0. The van der Waals surface area contributed by atoms with E-state index in [0.717, 1.165) is 16.9 Å². The molecule has 1 aromatic heterocycles. The molecule has 0 bridgehead atoms. The van der Waals surface area contributed by atoms with Crippen LogP contribution in [-0.2, 0) is 17.2 Å². The van der Waals surface area contributed by atoms with Crippen molar-refractivity contribution in [1.29, 1.82) is 0 Å². The predicted molar refractivity (Wildman–Crippen MR) is 82.1 cm³/mol. The number of amides is 1. The number of halogens is 2. The summed E-state index contributed by atoms with van der Waals surface area (Å²) in [7, 11) is 1.63. The van der Waals surface area contributed by atoms with Crippen molar-refractivity contribution in [1.82, 2.24) is 14.9 Å². The van der Waals surface area contributed by atoms with Gasteiger partial charge in [-0.15, -0.1) is 11.6 Å². The average Bonchev–Trinajstić information content (AvgIpc) is 2.74. The van der Waals surface area contributed by atoms with Gasteiger partial charge in [0.15, 0.2) is 0 Å². The van der Waals surface area contributed by atoms with E-state index in [1.54, 1.807) is 13.1 Å². The van der Waals surface area contributed by atoms with Gasteiger partial charge < -0.3 is 9.88 Å². The summed E-state index contributed by atoms with van der Waals surface area (Å²) >= 11 is 12.0. The summed E-state index contributed by atoms with van der Waals surface area (Å²) in [6, 6.07) is 5.50. The summed E-state index contributed by atoms with van der Waals surface area (Å²) < 4.78 is 1.96. The number of aromatic nitrogens is 2. The van der Waals surface area contributed by atoms with Crippen LogP contribution in [0.1, 0.15) is 19.7 Å². The van der Waals surface area contributed by atoms with Gasteiger partial charge >= 0.3 is 0 Å². The molecule has 0 aliphatic rings. The number of imidazole rings is 1. The van der Waals surface area contributed by atoms with E-state index in [0.29, 0.717) is 11.6 Å². The van der Waals surface area contributed by atoms with Crippen LogP contribution in [0.5, 0.6) is 0 Å². The van der Waals surface area contributed by atoms with Crippen LogP contribution in [0.15, 0.2) is 18.2 Å². The molecular formula is C14H17Cl2N3O. The van der Waals surface area contributed by atoms with Crippen molar-refractivity contribution in [2.24, 2.45) is 5.41 Å². The Morgan fingerprint density at radius 2 is 2.15 bits per heavy atom. The Morgan fingerprint density at radius 3 is 2.75 bits per heavy atom. The second-order valence-corrected chi connectivity index (χ2v) is 6.05. The molecule has 2 rings (SSSR count). The minimum absolute atomic E-state index is 0.0260. The smallest absolute Gasteiger partial charge is 0.227 e. The predicted octanol–water partition coefficient (Wildman–Crippen LogP) is 3.20. The fourth-order valence-corrected chi connectivity index (χ4v) is 2.60. The molecule has 1 N–H and O–H groups in total. The third kappa shape index (κ3) is 2.76. The van der Waals surface area contributed by atoms with Crippen molar-refractivity contribution in [3.05, 3.63) is 29.0 Å². The molecule has 0 aliphatic heterocycles. The summed E-state index contributed by atoms with van der Waals surface area (Å²) in [4.78, 5) is 16.4. The van der Waals surface area contributed by atoms with E-state index in [-0.39, 0.29) is 11.8 Å². The van der Waals surface area contributed by atoms with Gasteiger partial charge in [0, 0.05) is 18.6 Å². The molecule has 1 aromatic carbocycles. The van der Waals surface area contributed by atoms with Gasteiger partial charge in [-0.1, -0.05) is 11.6 Å². The van der Waals surface area contributed by atoms with Gasteiger partial charge in [0.25, 0.3) is 0 Å². The molecule has 0 radical (unpaired) electrons. The van der Waals surface area contributed by atoms with E-state index in [9.17, 15) is 4.79 Å². The molecule has 0 unspecified atom stereocenters. The van der Waals surface area contributed by atoms with Crippen molar-refractivity contribution in [2.45, 2.75) is 26.3 Å². The fourth-order valence-electron chi connectivity index (χ4n) is 2.23. The molecule has 0 saturated heterocycles. The summed E-state index contributed by atoms with van der Waals surface area (Å²) in [5.74, 6) is 0.999. The van der Waals surface area contributed by atoms with Crippen molar-refractivity contribution < 1.29 is 4.79 Å². The first kappa shape index (κ1) is 15.1. The van der Waals surface area contributed by atoms with Crippen LogP contribution in [0.4, 0.5) is 0 Å². The summed E-state index contributed by atoms with van der Waals surface area (Å²) in [6.45, 7) is 4.27. The Kier molecular flexibility index (Phi) is 4.25. The molecule has 0 spiro atoms. The summed E-state index contributed by atoms with van der Waals surface area (Å²) in [5, 5.41) is 3.32. The molecule has 0 fully saturated rings. The molecule has 1 amide bonds. The largest absolute Gasteiger partial charge is 0.359 e. The Morgan fingerprint density at radius 1 is 1.45 bits per heavy atom. The lowest BCUT2D eigenvalue weighted by molar-refractivity contribution is -0.129. The molecule has 108 valence electrons. The van der Waals surface area contributed by atoms with Crippen LogP contribution in [0.3, 0.4) is 0 Å². The Balaban J connectivity index is 2.52. The molecule has 20 heavy (non-hydrogen) atoms. The SMILES string of the molecule is CNC(=O)C(C)(C)Cn1c(CCl)nc2ccc(Cl)cc21. The van der Waals surface area contributed by atoms with Crippen molar-refractivity contribution in [3.8, 4) is 0 Å². The number of nitrogens with one attached hydrogen (secondary N) is 1. The van der Waals surface area contributed by atoms with Crippen LogP contribution in [-0.4, -0.2) is 22.5 Å². The highest BCUT2D eigenvalue weighted by Gasteiger charge is 2.29. The first-order valence-electron chi connectivity index (χ1n) is 6.32. The van der Waals surface area contributed by atoms with Gasteiger partial charge in [-0.2, -0.15) is 0 Å². The maximum absolute atomic E-state index is 12.0. The lowest BCUT2D eigenvalue weighted by Crippen LogP contribution is -2.38. The Bertz CT molecular complexity index is 649. The van der Waals surface area contributed by atoms with Gasteiger partial charge in [0.05, 0.1) is 22.3 Å². The first-order chi connectivity index (χ1) is 9.39. The zero-order valence-electron chi connectivity index (χ0n) is 11.7. The van der Waals surface area contributed by atoms with E-state index >= 15 is 0 Å². The number of benzene rings is 1. The van der Waals surface area contributed by atoms with Crippen LogP contribution >= 0.6 is 23.2 Å². The molecule has 2 aromatic rings. The fraction of sp³-hybridized carbons (Fsp3) is 0.429. The number of rotatable bonds is 4. The normalized spacial score (nSPS) is 11.8. The van der Waals surface area contributed by atoms with Crippen LogP contribution in [0.25, 0.3) is 11.0 Å². The van der Waals surface area contributed by atoms with E-state index in [2.05, 4.69) is 10.3 Å². The topological polar surface area (TPSA) is 46.9 Å². The molecular weight excluding hydrogens is 297 g/mol. The maximum Gasteiger partial charge on any atom is 0.227 e. The number of hydrogen-bond acceptors (Lipinski definition) is 2. The zero-order chi connectivity index (χ0) is 14.9. The third-order valence-corrected chi connectivity index (χ3v) is 3.78. The van der Waals surface area contributed by atoms with Gasteiger partial charge in [-0.25, -0.2) is 4.98 Å². The third-order valence-electron chi connectivity index (χ3n) is 3.30. The Labute approximate surface area is 128 Å². The van der Waals surface area contributed by atoms with Crippen molar-refractivity contribution in [2.75, 3.05) is 7.05 Å². The quantitative estimate of drug-likeness (QED) is 0.881. The minimum Gasteiger partial charge on any atom is -0.359 e. The van der Waals surface area contributed by atoms with E-state index in [4.69, 9.17) is 23.2 Å². The highest BCUT2D eigenvalue weighted by molar-refractivity contribution is 6.31. The van der Waals surface area contributed by atoms with Crippen LogP contribution in [0.2, 0.25) is 5.02 Å². The molecule has 0 saturated carbocycles. The van der Waals surface area contributed by atoms with Gasteiger partial charge in [-0.05, 0) is 32.0 Å². The number of carbonyl (C=O) groups excluding carboxylic acids is 1. The minimum atomic E-state index is -0.564. The van der Waals surface area contributed by atoms with E-state index < -0.39 is 5.41 Å². The number of alkyl halides is 1. The summed E-state index contributed by atoms with van der Waals surface area (Å²) in [6.07, 6.45) is 0. The van der Waals surface area contributed by atoms with Crippen molar-refractivity contribution in [3.63, 3.8) is 0 Å². The zero-order valence-corrected chi connectivity index (χ0v) is 13.2. The lowest BCUT2D eigenvalue weighted by Gasteiger charge is -2.24. The molecule has 4 nitrogen and oxygen atoms in total. The number of hydrogen-bond donors (Lipinski definition) is 1. The standard InChI is InChI=1S/C14H17Cl2N3O/c1-14(2,13(20)17-3)8-19-11-6-9(16)4-5-10(11)18-12(19)7-15/h4-6H,7-8H2,1-3H3,(H,17,20). The second-order valence-electron chi connectivity index (χ2n) is 5.34. The van der Waals surface area contributed by atoms with E-state index in [1.165, 1.54) is 0 Å². The van der Waals surface area contributed by atoms with Gasteiger partial charge in [-0.3, -0.25) is 4.79 Å². The van der Waals surface area contributed by atoms with Crippen LogP contribution < -0.4 is 5.32 Å². The number of carbonyl (C=O) groups is 1. The van der Waals surface area contributed by atoms with Crippen molar-refractivity contribution >= 4 is 40.1 Å². The highest BCUT2D eigenvalue weighted by atomic mass is 35.5. The Hall–Kier alpha value is -1.26. The molecule has 1 heterocycles. The van der Waals surface area contributed by atoms with Gasteiger partial charge in [0.2, 0.25) is 5.91 Å².